The highest BCUT2D eigenvalue weighted by atomic mass is 79.9. The van der Waals surface area contributed by atoms with Crippen LogP contribution >= 0.6 is 15.9 Å². The van der Waals surface area contributed by atoms with Gasteiger partial charge in [-0.1, -0.05) is 41.1 Å². The number of benzene rings is 1. The van der Waals surface area contributed by atoms with E-state index in [0.717, 1.165) is 19.7 Å². The minimum absolute atomic E-state index is 0.492. The second-order valence-electron chi connectivity index (χ2n) is 5.24. The molecule has 1 saturated heterocycles. The molecule has 1 aromatic carbocycles. The fraction of sp³-hybridized carbons (Fsp3) is 0.625. The molecule has 0 amide bonds. The van der Waals surface area contributed by atoms with E-state index in [1.54, 1.807) is 0 Å². The SMILES string of the molecule is CCNCC(CCC1CCCO1)c1ccccc1Br. The molecule has 0 aromatic heterocycles. The van der Waals surface area contributed by atoms with Crippen LogP contribution in [0.2, 0.25) is 0 Å². The Labute approximate surface area is 125 Å². The Kier molecular flexibility index (Phi) is 6.35. The standard InChI is InChI=1S/C16H24BrNO/c1-2-18-12-13(9-10-14-6-5-11-19-14)15-7-3-4-8-16(15)17/h3-4,7-8,13-14,18H,2,5-6,9-12H2,1H3. The first kappa shape index (κ1) is 15.0. The van der Waals surface area contributed by atoms with Gasteiger partial charge < -0.3 is 10.1 Å². The van der Waals surface area contributed by atoms with Crippen LogP contribution < -0.4 is 5.32 Å². The summed E-state index contributed by atoms with van der Waals surface area (Å²) in [5.41, 5.74) is 1.42. The molecule has 0 aliphatic carbocycles. The molecule has 0 spiro atoms. The van der Waals surface area contributed by atoms with Gasteiger partial charge in [-0.15, -0.1) is 0 Å². The first-order valence-electron chi connectivity index (χ1n) is 7.38. The summed E-state index contributed by atoms with van der Waals surface area (Å²) in [4.78, 5) is 0. The highest BCUT2D eigenvalue weighted by Crippen LogP contribution is 2.30. The molecular formula is C16H24BrNO. The van der Waals surface area contributed by atoms with Gasteiger partial charge in [-0.05, 0) is 49.8 Å². The van der Waals surface area contributed by atoms with Crippen LogP contribution in [0.5, 0.6) is 0 Å². The lowest BCUT2D eigenvalue weighted by Crippen LogP contribution is -2.22. The summed E-state index contributed by atoms with van der Waals surface area (Å²) in [6.45, 7) is 5.20. The van der Waals surface area contributed by atoms with Crippen LogP contribution in [-0.4, -0.2) is 25.8 Å². The summed E-state index contributed by atoms with van der Waals surface area (Å²) in [7, 11) is 0. The third-order valence-electron chi connectivity index (χ3n) is 3.85. The first-order chi connectivity index (χ1) is 9.31. The molecule has 1 aliphatic rings. The van der Waals surface area contributed by atoms with Crippen molar-refractivity contribution >= 4 is 15.9 Å². The average molecular weight is 326 g/mol. The van der Waals surface area contributed by atoms with Crippen molar-refractivity contribution < 1.29 is 4.74 Å². The van der Waals surface area contributed by atoms with Gasteiger partial charge in [0.05, 0.1) is 6.10 Å². The molecule has 19 heavy (non-hydrogen) atoms. The van der Waals surface area contributed by atoms with Crippen molar-refractivity contribution in [2.24, 2.45) is 0 Å². The van der Waals surface area contributed by atoms with Crippen molar-refractivity contribution in [3.63, 3.8) is 0 Å². The summed E-state index contributed by atoms with van der Waals surface area (Å²) in [6.07, 6.45) is 5.34. The summed E-state index contributed by atoms with van der Waals surface area (Å²) in [5.74, 6) is 0.569. The topological polar surface area (TPSA) is 21.3 Å². The summed E-state index contributed by atoms with van der Waals surface area (Å²) < 4.78 is 6.97. The fourth-order valence-corrected chi connectivity index (χ4v) is 3.36. The van der Waals surface area contributed by atoms with Gasteiger partial charge in [-0.25, -0.2) is 0 Å². The van der Waals surface area contributed by atoms with Crippen LogP contribution in [0.25, 0.3) is 0 Å². The molecule has 1 aromatic rings. The van der Waals surface area contributed by atoms with Crippen LogP contribution in [0.4, 0.5) is 0 Å². The number of nitrogens with one attached hydrogen (secondary N) is 1. The molecule has 1 N–H and O–H groups in total. The van der Waals surface area contributed by atoms with Crippen LogP contribution in [0.15, 0.2) is 28.7 Å². The average Bonchev–Trinajstić information content (AvgIpc) is 2.93. The summed E-state index contributed by atoms with van der Waals surface area (Å²) in [5, 5.41) is 3.49. The van der Waals surface area contributed by atoms with Crippen molar-refractivity contribution in [1.29, 1.82) is 0 Å². The fourth-order valence-electron chi connectivity index (χ4n) is 2.75. The monoisotopic (exact) mass is 325 g/mol. The Bertz CT molecular complexity index is 377. The molecule has 2 rings (SSSR count). The van der Waals surface area contributed by atoms with Gasteiger partial charge >= 0.3 is 0 Å². The number of hydrogen-bond donors (Lipinski definition) is 1. The molecule has 0 bridgehead atoms. The van der Waals surface area contributed by atoms with E-state index in [9.17, 15) is 0 Å². The lowest BCUT2D eigenvalue weighted by atomic mass is 9.92. The molecule has 2 unspecified atom stereocenters. The maximum Gasteiger partial charge on any atom is 0.0576 e. The number of hydrogen-bond acceptors (Lipinski definition) is 2. The van der Waals surface area contributed by atoms with Crippen molar-refractivity contribution in [2.45, 2.75) is 44.6 Å². The lowest BCUT2D eigenvalue weighted by Gasteiger charge is -2.21. The zero-order chi connectivity index (χ0) is 13.5. The van der Waals surface area contributed by atoms with E-state index < -0.39 is 0 Å². The molecule has 3 heteroatoms. The van der Waals surface area contributed by atoms with E-state index >= 15 is 0 Å². The molecule has 0 saturated carbocycles. The van der Waals surface area contributed by atoms with E-state index in [4.69, 9.17) is 4.74 Å². The molecule has 106 valence electrons. The van der Waals surface area contributed by atoms with Crippen molar-refractivity contribution in [3.8, 4) is 0 Å². The number of halogens is 1. The second-order valence-corrected chi connectivity index (χ2v) is 6.09. The number of ether oxygens (including phenoxy) is 1. The van der Waals surface area contributed by atoms with Crippen LogP contribution in [0, 0.1) is 0 Å². The van der Waals surface area contributed by atoms with E-state index in [1.165, 1.54) is 35.7 Å². The number of rotatable bonds is 7. The Hall–Kier alpha value is -0.380. The molecule has 1 fully saturated rings. The van der Waals surface area contributed by atoms with Gasteiger partial charge in [0.25, 0.3) is 0 Å². The Morgan fingerprint density at radius 2 is 2.26 bits per heavy atom. The quantitative estimate of drug-likeness (QED) is 0.814. The van der Waals surface area contributed by atoms with Gasteiger partial charge in [0.2, 0.25) is 0 Å². The highest BCUT2D eigenvalue weighted by Gasteiger charge is 2.19. The predicted octanol–water partition coefficient (Wildman–Crippen LogP) is 4.10. The lowest BCUT2D eigenvalue weighted by molar-refractivity contribution is 0.101. The van der Waals surface area contributed by atoms with E-state index in [-0.39, 0.29) is 0 Å². The number of likely N-dealkylation sites (N-methyl/N-ethyl adjacent to an activating group) is 1. The summed E-state index contributed by atoms with van der Waals surface area (Å²) in [6, 6.07) is 8.59. The maximum absolute atomic E-state index is 5.74. The smallest absolute Gasteiger partial charge is 0.0576 e. The van der Waals surface area contributed by atoms with Gasteiger partial charge in [0.15, 0.2) is 0 Å². The van der Waals surface area contributed by atoms with Crippen LogP contribution in [-0.2, 0) is 4.74 Å². The zero-order valence-electron chi connectivity index (χ0n) is 11.7. The van der Waals surface area contributed by atoms with Gasteiger partial charge in [-0.3, -0.25) is 0 Å². The van der Waals surface area contributed by atoms with Gasteiger partial charge in [0.1, 0.15) is 0 Å². The molecule has 1 heterocycles. The van der Waals surface area contributed by atoms with Crippen LogP contribution in [0.1, 0.15) is 44.1 Å². The molecule has 0 radical (unpaired) electrons. The van der Waals surface area contributed by atoms with E-state index in [1.807, 2.05) is 0 Å². The minimum Gasteiger partial charge on any atom is -0.378 e. The largest absolute Gasteiger partial charge is 0.378 e. The normalized spacial score (nSPS) is 20.6. The molecule has 2 nitrogen and oxygen atoms in total. The molecule has 2 atom stereocenters. The molecule has 1 aliphatic heterocycles. The van der Waals surface area contributed by atoms with Crippen molar-refractivity contribution in [3.05, 3.63) is 34.3 Å². The minimum atomic E-state index is 0.492. The van der Waals surface area contributed by atoms with Crippen LogP contribution in [0.3, 0.4) is 0 Å². The van der Waals surface area contributed by atoms with E-state index in [2.05, 4.69) is 52.4 Å². The van der Waals surface area contributed by atoms with Crippen molar-refractivity contribution in [1.82, 2.24) is 5.32 Å². The zero-order valence-corrected chi connectivity index (χ0v) is 13.3. The third-order valence-corrected chi connectivity index (χ3v) is 4.57. The van der Waals surface area contributed by atoms with E-state index in [0.29, 0.717) is 12.0 Å². The summed E-state index contributed by atoms with van der Waals surface area (Å²) >= 11 is 3.68. The van der Waals surface area contributed by atoms with Gasteiger partial charge in [-0.2, -0.15) is 0 Å². The first-order valence-corrected chi connectivity index (χ1v) is 8.17. The molecular weight excluding hydrogens is 302 g/mol. The Balaban J connectivity index is 1.96. The maximum atomic E-state index is 5.74. The third kappa shape index (κ3) is 4.59. The van der Waals surface area contributed by atoms with Crippen molar-refractivity contribution in [2.75, 3.05) is 19.7 Å². The Morgan fingerprint density at radius 1 is 1.42 bits per heavy atom. The van der Waals surface area contributed by atoms with Gasteiger partial charge in [0, 0.05) is 17.6 Å². The predicted molar refractivity (Wildman–Crippen MR) is 83.6 cm³/mol. The highest BCUT2D eigenvalue weighted by molar-refractivity contribution is 9.10. The Morgan fingerprint density at radius 3 is 2.95 bits per heavy atom. The second kappa shape index (κ2) is 8.03.